The second-order valence-corrected chi connectivity index (χ2v) is 5.31. The van der Waals surface area contributed by atoms with Crippen LogP contribution in [0.25, 0.3) is 0 Å². The highest BCUT2D eigenvalue weighted by molar-refractivity contribution is 5.84. The lowest BCUT2D eigenvalue weighted by atomic mass is 10.2. The Balaban J connectivity index is 1.96. The third-order valence-electron chi connectivity index (χ3n) is 3.47. The van der Waals surface area contributed by atoms with E-state index in [0.29, 0.717) is 12.2 Å². The lowest BCUT2D eigenvalue weighted by Crippen LogP contribution is -2.37. The largest absolute Gasteiger partial charge is 0.493 e. The van der Waals surface area contributed by atoms with Gasteiger partial charge in [-0.3, -0.25) is 4.79 Å². The van der Waals surface area contributed by atoms with Gasteiger partial charge in [0.15, 0.2) is 11.5 Å². The van der Waals surface area contributed by atoms with Crippen molar-refractivity contribution < 1.29 is 23.0 Å². The quantitative estimate of drug-likeness (QED) is 0.766. The highest BCUT2D eigenvalue weighted by Crippen LogP contribution is 2.31. The van der Waals surface area contributed by atoms with Gasteiger partial charge in [-0.2, -0.15) is 8.78 Å². The first-order valence-corrected chi connectivity index (χ1v) is 7.70. The Hall–Kier alpha value is -2.83. The molecule has 0 saturated carbocycles. The second-order valence-electron chi connectivity index (χ2n) is 5.31. The highest BCUT2D eigenvalue weighted by atomic mass is 19.3. The number of carbonyl (C=O) groups excluding carboxylic acids is 1. The summed E-state index contributed by atoms with van der Waals surface area (Å²) < 4.78 is 34.3. The second kappa shape index (κ2) is 8.86. The van der Waals surface area contributed by atoms with Crippen molar-refractivity contribution in [3.05, 3.63) is 54.1 Å². The number of anilines is 1. The Bertz CT molecular complexity index is 696. The van der Waals surface area contributed by atoms with E-state index in [0.717, 1.165) is 5.56 Å². The van der Waals surface area contributed by atoms with Gasteiger partial charge in [-0.25, -0.2) is 0 Å². The molecule has 134 valence electrons. The summed E-state index contributed by atoms with van der Waals surface area (Å²) in [5.74, 6) is -0.123. The van der Waals surface area contributed by atoms with Crippen LogP contribution in [0.4, 0.5) is 14.5 Å². The first kappa shape index (κ1) is 18.5. The molecule has 0 saturated heterocycles. The molecule has 2 aromatic carbocycles. The van der Waals surface area contributed by atoms with Gasteiger partial charge in [0.05, 0.1) is 7.11 Å². The van der Waals surface area contributed by atoms with Crippen LogP contribution in [-0.4, -0.2) is 25.7 Å². The number of hydrogen-bond donors (Lipinski definition) is 2. The Morgan fingerprint density at radius 1 is 1.12 bits per heavy atom. The zero-order valence-corrected chi connectivity index (χ0v) is 14.0. The molecule has 2 rings (SSSR count). The van der Waals surface area contributed by atoms with Crippen molar-refractivity contribution in [3.63, 3.8) is 0 Å². The van der Waals surface area contributed by atoms with E-state index in [9.17, 15) is 13.6 Å². The fourth-order valence-electron chi connectivity index (χ4n) is 2.21. The molecule has 0 fully saturated rings. The van der Waals surface area contributed by atoms with Crippen molar-refractivity contribution in [1.82, 2.24) is 5.32 Å². The van der Waals surface area contributed by atoms with E-state index in [4.69, 9.17) is 4.74 Å². The summed E-state index contributed by atoms with van der Waals surface area (Å²) >= 11 is 0. The molecule has 0 aromatic heterocycles. The number of rotatable bonds is 8. The summed E-state index contributed by atoms with van der Waals surface area (Å²) in [6.07, 6.45) is 0. The summed E-state index contributed by atoms with van der Waals surface area (Å²) in [4.78, 5) is 12.2. The molecular weight excluding hydrogens is 330 g/mol. The number of benzene rings is 2. The van der Waals surface area contributed by atoms with Crippen LogP contribution in [0.15, 0.2) is 48.5 Å². The molecule has 0 bridgehead atoms. The summed E-state index contributed by atoms with van der Waals surface area (Å²) in [6, 6.07) is 13.4. The first-order valence-electron chi connectivity index (χ1n) is 7.70. The third kappa shape index (κ3) is 5.63. The van der Waals surface area contributed by atoms with Crippen molar-refractivity contribution in [2.75, 3.05) is 12.4 Å². The molecule has 0 aliphatic rings. The maximum Gasteiger partial charge on any atom is 0.387 e. The van der Waals surface area contributed by atoms with Gasteiger partial charge in [0, 0.05) is 18.3 Å². The lowest BCUT2D eigenvalue weighted by Gasteiger charge is -2.17. The maximum atomic E-state index is 12.5. The predicted octanol–water partition coefficient (Wildman–Crippen LogP) is 3.41. The Labute approximate surface area is 144 Å². The number of methoxy groups -OCH3 is 1. The average Bonchev–Trinajstić information content (AvgIpc) is 2.60. The predicted molar refractivity (Wildman–Crippen MR) is 91.0 cm³/mol. The molecule has 2 N–H and O–H groups in total. The SMILES string of the molecule is COc1ccc(N[C@H](C)C(=O)NCc2ccccc2)cc1OC(F)F. The fourth-order valence-corrected chi connectivity index (χ4v) is 2.21. The molecule has 5 nitrogen and oxygen atoms in total. The molecule has 0 unspecified atom stereocenters. The van der Waals surface area contributed by atoms with E-state index in [1.807, 2.05) is 30.3 Å². The summed E-state index contributed by atoms with van der Waals surface area (Å²) in [6.45, 7) is -0.873. The smallest absolute Gasteiger partial charge is 0.387 e. The minimum absolute atomic E-state index is 0.0978. The lowest BCUT2D eigenvalue weighted by molar-refractivity contribution is -0.121. The van der Waals surface area contributed by atoms with Gasteiger partial charge in [0.25, 0.3) is 0 Å². The van der Waals surface area contributed by atoms with Crippen LogP contribution in [0.2, 0.25) is 0 Å². The van der Waals surface area contributed by atoms with Gasteiger partial charge in [-0.05, 0) is 24.6 Å². The van der Waals surface area contributed by atoms with Crippen molar-refractivity contribution in [2.24, 2.45) is 0 Å². The van der Waals surface area contributed by atoms with Gasteiger partial charge in [-0.1, -0.05) is 30.3 Å². The average molecular weight is 350 g/mol. The van der Waals surface area contributed by atoms with Crippen LogP contribution < -0.4 is 20.1 Å². The molecule has 1 amide bonds. The number of alkyl halides is 2. The van der Waals surface area contributed by atoms with Gasteiger partial charge >= 0.3 is 6.61 Å². The zero-order valence-electron chi connectivity index (χ0n) is 14.0. The van der Waals surface area contributed by atoms with Crippen LogP contribution in [0.5, 0.6) is 11.5 Å². The van der Waals surface area contributed by atoms with Crippen LogP contribution in [0, 0.1) is 0 Å². The van der Waals surface area contributed by atoms with Gasteiger partial charge in [0.2, 0.25) is 5.91 Å². The molecular formula is C18H20F2N2O3. The Morgan fingerprint density at radius 3 is 2.48 bits per heavy atom. The molecule has 0 aliphatic heterocycles. The van der Waals surface area contributed by atoms with Crippen LogP contribution in [0.1, 0.15) is 12.5 Å². The zero-order chi connectivity index (χ0) is 18.2. The minimum Gasteiger partial charge on any atom is -0.493 e. The van der Waals surface area contributed by atoms with E-state index >= 15 is 0 Å². The molecule has 7 heteroatoms. The Kier molecular flexibility index (Phi) is 6.56. The monoisotopic (exact) mass is 350 g/mol. The van der Waals surface area contributed by atoms with Crippen molar-refractivity contribution in [3.8, 4) is 11.5 Å². The normalized spacial score (nSPS) is 11.7. The molecule has 25 heavy (non-hydrogen) atoms. The molecule has 0 spiro atoms. The number of nitrogens with one attached hydrogen (secondary N) is 2. The molecule has 0 heterocycles. The van der Waals surface area contributed by atoms with Gasteiger partial charge in [-0.15, -0.1) is 0 Å². The molecule has 2 aromatic rings. The topological polar surface area (TPSA) is 59.6 Å². The molecule has 0 radical (unpaired) electrons. The van der Waals surface area contributed by atoms with E-state index in [2.05, 4.69) is 15.4 Å². The number of halogens is 2. The first-order chi connectivity index (χ1) is 12.0. The maximum absolute atomic E-state index is 12.5. The van der Waals surface area contributed by atoms with Crippen LogP contribution in [-0.2, 0) is 11.3 Å². The fraction of sp³-hybridized carbons (Fsp3) is 0.278. The minimum atomic E-state index is -2.96. The summed E-state index contributed by atoms with van der Waals surface area (Å²) in [5, 5.41) is 5.76. The van der Waals surface area contributed by atoms with Crippen molar-refractivity contribution >= 4 is 11.6 Å². The summed E-state index contributed by atoms with van der Waals surface area (Å²) in [7, 11) is 1.36. The molecule has 0 aliphatic carbocycles. The van der Waals surface area contributed by atoms with Crippen molar-refractivity contribution in [2.45, 2.75) is 26.1 Å². The van der Waals surface area contributed by atoms with Crippen LogP contribution in [0.3, 0.4) is 0 Å². The van der Waals surface area contributed by atoms with E-state index in [1.54, 1.807) is 13.0 Å². The summed E-state index contributed by atoms with van der Waals surface area (Å²) in [5.41, 5.74) is 1.46. The number of hydrogen-bond acceptors (Lipinski definition) is 4. The standard InChI is InChI=1S/C18H20F2N2O3/c1-12(17(23)21-11-13-6-4-3-5-7-13)22-14-8-9-15(24-2)16(10-14)25-18(19)20/h3-10,12,18,22H,11H2,1-2H3,(H,21,23)/t12-/m1/s1. The van der Waals surface area contributed by atoms with E-state index in [-0.39, 0.29) is 17.4 Å². The van der Waals surface area contributed by atoms with Gasteiger partial charge in [0.1, 0.15) is 6.04 Å². The Morgan fingerprint density at radius 2 is 1.84 bits per heavy atom. The number of amides is 1. The highest BCUT2D eigenvalue weighted by Gasteiger charge is 2.15. The van der Waals surface area contributed by atoms with Crippen molar-refractivity contribution in [1.29, 1.82) is 0 Å². The van der Waals surface area contributed by atoms with Crippen LogP contribution >= 0.6 is 0 Å². The third-order valence-corrected chi connectivity index (χ3v) is 3.47. The van der Waals surface area contributed by atoms with Gasteiger partial charge < -0.3 is 20.1 Å². The molecule has 1 atom stereocenters. The van der Waals surface area contributed by atoms with E-state index < -0.39 is 12.7 Å². The van der Waals surface area contributed by atoms with E-state index in [1.165, 1.54) is 19.2 Å². The number of ether oxygens (including phenoxy) is 2. The number of carbonyl (C=O) groups is 1.